The van der Waals surface area contributed by atoms with Crippen LogP contribution in [0.1, 0.15) is 67.9 Å². The zero-order valence-corrected chi connectivity index (χ0v) is 20.6. The summed E-state index contributed by atoms with van der Waals surface area (Å²) in [5.41, 5.74) is 6.17. The number of aromatic nitrogens is 2. The van der Waals surface area contributed by atoms with Gasteiger partial charge in [-0.2, -0.15) is 0 Å². The second-order valence-electron chi connectivity index (χ2n) is 8.94. The number of anilines is 2. The van der Waals surface area contributed by atoms with Gasteiger partial charge in [-0.25, -0.2) is 4.79 Å². The summed E-state index contributed by atoms with van der Waals surface area (Å²) in [4.78, 5) is 53.8. The number of amides is 1. The maximum atomic E-state index is 13.6. The van der Waals surface area contributed by atoms with Crippen LogP contribution in [0.2, 0.25) is 0 Å². The van der Waals surface area contributed by atoms with E-state index < -0.39 is 17.2 Å². The Morgan fingerprint density at radius 1 is 1.11 bits per heavy atom. The first-order valence-corrected chi connectivity index (χ1v) is 11.8. The fraction of sp³-hybridized carbons (Fsp3) is 0.385. The number of unbranched alkanes of at least 4 members (excludes halogenated alkanes) is 1. The van der Waals surface area contributed by atoms with Crippen LogP contribution in [0, 0.1) is 5.92 Å². The van der Waals surface area contributed by atoms with Gasteiger partial charge >= 0.3 is 5.69 Å². The zero-order chi connectivity index (χ0) is 25.7. The molecule has 2 heterocycles. The van der Waals surface area contributed by atoms with Crippen molar-refractivity contribution in [3.05, 3.63) is 68.6 Å². The highest BCUT2D eigenvalue weighted by molar-refractivity contribution is 6.05. The minimum Gasteiger partial charge on any atom is -0.451 e. The summed E-state index contributed by atoms with van der Waals surface area (Å²) < 4.78 is 7.13. The molecule has 0 saturated carbocycles. The fourth-order valence-corrected chi connectivity index (χ4v) is 3.69. The van der Waals surface area contributed by atoms with Gasteiger partial charge in [0.1, 0.15) is 11.6 Å². The summed E-state index contributed by atoms with van der Waals surface area (Å²) >= 11 is 0. The lowest BCUT2D eigenvalue weighted by Gasteiger charge is -2.24. The molecule has 35 heavy (non-hydrogen) atoms. The van der Waals surface area contributed by atoms with E-state index in [0.717, 1.165) is 6.42 Å². The van der Waals surface area contributed by atoms with Gasteiger partial charge in [0.2, 0.25) is 0 Å². The van der Waals surface area contributed by atoms with Gasteiger partial charge in [0, 0.05) is 24.2 Å². The maximum absolute atomic E-state index is 13.6. The first kappa shape index (κ1) is 25.7. The number of aromatic amines is 1. The average molecular weight is 481 g/mol. The molecule has 3 rings (SSSR count). The van der Waals surface area contributed by atoms with Gasteiger partial charge in [0.05, 0.1) is 0 Å². The Morgan fingerprint density at radius 2 is 1.80 bits per heavy atom. The van der Waals surface area contributed by atoms with E-state index in [1.165, 1.54) is 22.5 Å². The van der Waals surface area contributed by atoms with Gasteiger partial charge in [-0.05, 0) is 37.8 Å². The molecule has 0 aliphatic heterocycles. The highest BCUT2D eigenvalue weighted by atomic mass is 16.4. The molecule has 0 aliphatic carbocycles. The topological polar surface area (TPSA) is 131 Å². The predicted octanol–water partition coefficient (Wildman–Crippen LogP) is 4.07. The lowest BCUT2D eigenvalue weighted by Crippen LogP contribution is -2.41. The Balaban J connectivity index is 2.01. The zero-order valence-electron chi connectivity index (χ0n) is 20.6. The Hall–Kier alpha value is -3.88. The number of nitrogen functional groups attached to an aromatic ring is 1. The Kier molecular flexibility index (Phi) is 8.11. The molecule has 186 valence electrons. The van der Waals surface area contributed by atoms with Crippen molar-refractivity contribution in [2.75, 3.05) is 17.2 Å². The van der Waals surface area contributed by atoms with E-state index in [-0.39, 0.29) is 35.5 Å². The van der Waals surface area contributed by atoms with Crippen LogP contribution in [-0.2, 0) is 6.54 Å². The number of benzene rings is 1. The number of H-pyrrole nitrogens is 1. The van der Waals surface area contributed by atoms with Gasteiger partial charge in [-0.3, -0.25) is 28.8 Å². The number of ketones is 1. The summed E-state index contributed by atoms with van der Waals surface area (Å²) in [5, 5.41) is 0. The van der Waals surface area contributed by atoms with Gasteiger partial charge in [0.15, 0.2) is 17.2 Å². The summed E-state index contributed by atoms with van der Waals surface area (Å²) in [6.45, 7) is 8.04. The minimum atomic E-state index is -0.719. The molecular weight excluding hydrogens is 448 g/mol. The molecule has 1 aromatic carbocycles. The molecule has 2 aromatic heterocycles. The molecule has 3 N–H and O–H groups in total. The van der Waals surface area contributed by atoms with Gasteiger partial charge in [-0.15, -0.1) is 0 Å². The van der Waals surface area contributed by atoms with Crippen LogP contribution in [-0.4, -0.2) is 27.8 Å². The van der Waals surface area contributed by atoms with E-state index in [0.29, 0.717) is 36.3 Å². The normalized spacial score (nSPS) is 11.1. The largest absolute Gasteiger partial charge is 0.451 e. The molecule has 0 aliphatic rings. The summed E-state index contributed by atoms with van der Waals surface area (Å²) in [5.74, 6) is 0.108. The number of carbonyl (C=O) groups is 2. The molecule has 9 heteroatoms. The molecule has 0 unspecified atom stereocenters. The number of furan rings is 1. The molecule has 0 saturated heterocycles. The molecule has 9 nitrogen and oxygen atoms in total. The average Bonchev–Trinajstić information content (AvgIpc) is 3.30. The number of Topliss-reactive ketones (excluding diaryl/α,β-unsaturated/α-hetero) is 1. The third kappa shape index (κ3) is 5.79. The Labute approximate surface area is 203 Å². The summed E-state index contributed by atoms with van der Waals surface area (Å²) in [6, 6.07) is 10.1. The van der Waals surface area contributed by atoms with Crippen molar-refractivity contribution in [3.63, 3.8) is 0 Å². The predicted molar refractivity (Wildman–Crippen MR) is 136 cm³/mol. The highest BCUT2D eigenvalue weighted by Crippen LogP contribution is 2.26. The molecular formula is C26H32N4O5. The number of rotatable bonds is 10. The lowest BCUT2D eigenvalue weighted by molar-refractivity contribution is 0.0958. The van der Waals surface area contributed by atoms with Crippen LogP contribution in [0.25, 0.3) is 11.3 Å². The molecule has 1 amide bonds. The van der Waals surface area contributed by atoms with Gasteiger partial charge in [0.25, 0.3) is 11.5 Å². The molecule has 0 fully saturated rings. The number of hydrogen-bond donors (Lipinski definition) is 2. The van der Waals surface area contributed by atoms with Gasteiger partial charge in [-0.1, -0.05) is 51.5 Å². The standard InChI is InChI=1S/C26H32N4O5/c1-5-6-14-30-23(27)22(24(32)28-26(30)34)29(15-13-16(2)3)25(33)21-12-11-20(35-21)19-9-7-18(8-10-19)17(4)31/h7-12,16H,5-6,13-15,27H2,1-4H3,(H,28,32,34). The van der Waals surface area contributed by atoms with Gasteiger partial charge < -0.3 is 10.2 Å². The second kappa shape index (κ2) is 11.0. The lowest BCUT2D eigenvalue weighted by atomic mass is 10.1. The van der Waals surface area contributed by atoms with Crippen molar-refractivity contribution in [1.82, 2.24) is 9.55 Å². The van der Waals surface area contributed by atoms with Crippen molar-refractivity contribution < 1.29 is 14.0 Å². The van der Waals surface area contributed by atoms with Crippen molar-refractivity contribution in [3.8, 4) is 11.3 Å². The molecule has 0 spiro atoms. The van der Waals surface area contributed by atoms with Crippen molar-refractivity contribution in [1.29, 1.82) is 0 Å². The van der Waals surface area contributed by atoms with E-state index in [4.69, 9.17) is 10.2 Å². The summed E-state index contributed by atoms with van der Waals surface area (Å²) in [6.07, 6.45) is 2.14. The third-order valence-electron chi connectivity index (χ3n) is 5.79. The van der Waals surface area contributed by atoms with E-state index in [2.05, 4.69) is 4.98 Å². The van der Waals surface area contributed by atoms with E-state index in [1.54, 1.807) is 30.3 Å². The molecule has 0 atom stereocenters. The van der Waals surface area contributed by atoms with Crippen molar-refractivity contribution in [2.24, 2.45) is 5.92 Å². The van der Waals surface area contributed by atoms with Crippen molar-refractivity contribution >= 4 is 23.2 Å². The Bertz CT molecular complexity index is 1310. The van der Waals surface area contributed by atoms with Crippen LogP contribution >= 0.6 is 0 Å². The SMILES string of the molecule is CCCCn1c(N)c(N(CCC(C)C)C(=O)c2ccc(-c3ccc(C(C)=O)cc3)o2)c(=O)[nH]c1=O. The number of carbonyl (C=O) groups excluding carboxylic acids is 2. The number of nitrogens with one attached hydrogen (secondary N) is 1. The van der Waals surface area contributed by atoms with Crippen LogP contribution in [0.3, 0.4) is 0 Å². The van der Waals surface area contributed by atoms with Crippen LogP contribution in [0.4, 0.5) is 11.5 Å². The maximum Gasteiger partial charge on any atom is 0.330 e. The van der Waals surface area contributed by atoms with Crippen LogP contribution < -0.4 is 21.9 Å². The van der Waals surface area contributed by atoms with Crippen molar-refractivity contribution in [2.45, 2.75) is 53.5 Å². The van der Waals surface area contributed by atoms with Crippen LogP contribution in [0.15, 0.2) is 50.4 Å². The second-order valence-corrected chi connectivity index (χ2v) is 8.94. The number of nitrogens with two attached hydrogens (primary N) is 1. The Morgan fingerprint density at radius 3 is 2.40 bits per heavy atom. The smallest absolute Gasteiger partial charge is 0.330 e. The minimum absolute atomic E-state index is 0.0320. The first-order chi connectivity index (χ1) is 16.6. The fourth-order valence-electron chi connectivity index (χ4n) is 3.69. The van der Waals surface area contributed by atoms with E-state index in [1.807, 2.05) is 20.8 Å². The first-order valence-electron chi connectivity index (χ1n) is 11.8. The van der Waals surface area contributed by atoms with E-state index in [9.17, 15) is 19.2 Å². The highest BCUT2D eigenvalue weighted by Gasteiger charge is 2.27. The number of nitrogens with zero attached hydrogens (tertiary/aromatic N) is 2. The third-order valence-corrected chi connectivity index (χ3v) is 5.79. The monoisotopic (exact) mass is 480 g/mol. The summed E-state index contributed by atoms with van der Waals surface area (Å²) in [7, 11) is 0. The molecule has 3 aromatic rings. The molecule has 0 radical (unpaired) electrons. The van der Waals surface area contributed by atoms with E-state index >= 15 is 0 Å². The molecule has 0 bridgehead atoms. The van der Waals surface area contributed by atoms with Crippen LogP contribution in [0.5, 0.6) is 0 Å². The quantitative estimate of drug-likeness (QED) is 0.421. The number of hydrogen-bond acceptors (Lipinski definition) is 6.